The van der Waals surface area contributed by atoms with Crippen LogP contribution in [0.3, 0.4) is 0 Å². The Morgan fingerprint density at radius 1 is 1.00 bits per heavy atom. The molecule has 4 heteroatoms. The molecule has 0 spiro atoms. The number of imide groups is 1. The second kappa shape index (κ2) is 3.85. The van der Waals surface area contributed by atoms with Crippen molar-refractivity contribution in [1.29, 1.82) is 0 Å². The summed E-state index contributed by atoms with van der Waals surface area (Å²) in [6.07, 6.45) is 3.30. The normalized spacial score (nSPS) is 36.2. The fourth-order valence-corrected chi connectivity index (χ4v) is 4.56. The Bertz CT molecular complexity index is 557. The molecule has 1 saturated heterocycles. The van der Waals surface area contributed by atoms with Crippen molar-refractivity contribution < 1.29 is 9.59 Å². The van der Waals surface area contributed by atoms with E-state index in [1.54, 1.807) is 6.07 Å². The number of thiol groups is 1. The number of para-hydroxylation sites is 1. The summed E-state index contributed by atoms with van der Waals surface area (Å²) in [5.41, 5.74) is 0.648. The molecule has 19 heavy (non-hydrogen) atoms. The Labute approximate surface area is 117 Å². The van der Waals surface area contributed by atoms with E-state index in [1.165, 1.54) is 4.90 Å². The lowest BCUT2D eigenvalue weighted by Gasteiger charge is -2.19. The molecule has 2 amide bonds. The highest BCUT2D eigenvalue weighted by Crippen LogP contribution is 2.56. The predicted octanol–water partition coefficient (Wildman–Crippen LogP) is 2.51. The third-order valence-corrected chi connectivity index (χ3v) is 5.43. The average molecular weight is 273 g/mol. The molecule has 2 bridgehead atoms. The van der Waals surface area contributed by atoms with Crippen molar-refractivity contribution in [1.82, 2.24) is 0 Å². The summed E-state index contributed by atoms with van der Waals surface area (Å²) in [5.74, 6) is 0.762. The second-order valence-electron chi connectivity index (χ2n) is 5.89. The SMILES string of the molecule is O=C1[C@@H]2[C@@H]3CC[C@H](C3)[C@@H]2C(=O)N1c1ccccc1S. The van der Waals surface area contributed by atoms with Crippen LogP contribution in [0.5, 0.6) is 0 Å². The van der Waals surface area contributed by atoms with Gasteiger partial charge < -0.3 is 0 Å². The molecule has 1 aromatic rings. The molecule has 0 unspecified atom stereocenters. The average Bonchev–Trinajstić information content (AvgIpc) is 3.06. The molecule has 4 atom stereocenters. The third kappa shape index (κ3) is 1.41. The van der Waals surface area contributed by atoms with Crippen LogP contribution in [0, 0.1) is 23.7 Å². The molecule has 1 heterocycles. The Hall–Kier alpha value is -1.29. The molecule has 3 fully saturated rings. The van der Waals surface area contributed by atoms with Crippen molar-refractivity contribution in [2.24, 2.45) is 23.7 Å². The van der Waals surface area contributed by atoms with Crippen LogP contribution in [-0.2, 0) is 9.59 Å². The Kier molecular flexibility index (Phi) is 2.34. The monoisotopic (exact) mass is 273 g/mol. The van der Waals surface area contributed by atoms with Gasteiger partial charge in [0.2, 0.25) is 11.8 Å². The van der Waals surface area contributed by atoms with Gasteiger partial charge in [-0.1, -0.05) is 12.1 Å². The van der Waals surface area contributed by atoms with E-state index in [4.69, 9.17) is 0 Å². The van der Waals surface area contributed by atoms with Crippen LogP contribution in [-0.4, -0.2) is 11.8 Å². The van der Waals surface area contributed by atoms with E-state index < -0.39 is 0 Å². The van der Waals surface area contributed by atoms with Crippen LogP contribution in [0.25, 0.3) is 0 Å². The van der Waals surface area contributed by atoms with Gasteiger partial charge in [-0.2, -0.15) is 0 Å². The number of nitrogens with zero attached hydrogens (tertiary/aromatic N) is 1. The fourth-order valence-electron chi connectivity index (χ4n) is 4.30. The van der Waals surface area contributed by atoms with Gasteiger partial charge in [0.25, 0.3) is 0 Å². The number of hydrogen-bond donors (Lipinski definition) is 1. The van der Waals surface area contributed by atoms with Crippen LogP contribution < -0.4 is 4.90 Å². The lowest BCUT2D eigenvalue weighted by atomic mass is 9.81. The standard InChI is InChI=1S/C15H15NO2S/c17-14-12-8-5-6-9(7-8)13(12)15(18)16(14)10-3-1-2-4-11(10)19/h1-4,8-9,12-13,19H,5-7H2/t8-,9-,12-,13+/m1/s1. The quantitative estimate of drug-likeness (QED) is 0.630. The molecule has 98 valence electrons. The van der Waals surface area contributed by atoms with Crippen molar-refractivity contribution in [2.45, 2.75) is 24.2 Å². The van der Waals surface area contributed by atoms with Crippen LogP contribution in [0.1, 0.15) is 19.3 Å². The van der Waals surface area contributed by atoms with E-state index in [9.17, 15) is 9.59 Å². The molecule has 2 aliphatic carbocycles. The minimum Gasteiger partial charge on any atom is -0.274 e. The van der Waals surface area contributed by atoms with Crippen molar-refractivity contribution >= 4 is 30.1 Å². The first-order valence-corrected chi connectivity index (χ1v) is 7.29. The summed E-state index contributed by atoms with van der Waals surface area (Å²) >= 11 is 4.38. The van der Waals surface area contributed by atoms with E-state index in [-0.39, 0.29) is 23.7 Å². The molecule has 3 aliphatic rings. The smallest absolute Gasteiger partial charge is 0.238 e. The van der Waals surface area contributed by atoms with E-state index in [2.05, 4.69) is 12.6 Å². The summed E-state index contributed by atoms with van der Waals surface area (Å²) in [7, 11) is 0. The third-order valence-electron chi connectivity index (χ3n) is 5.05. The first kappa shape index (κ1) is 11.5. The maximum Gasteiger partial charge on any atom is 0.238 e. The molecule has 2 saturated carbocycles. The molecule has 3 nitrogen and oxygen atoms in total. The molecule has 0 radical (unpaired) electrons. The van der Waals surface area contributed by atoms with Gasteiger partial charge in [0.1, 0.15) is 0 Å². The number of amides is 2. The number of fused-ring (bicyclic) bond motifs is 5. The Balaban J connectivity index is 1.78. The lowest BCUT2D eigenvalue weighted by molar-refractivity contribution is -0.123. The molecule has 4 rings (SSSR count). The molecule has 1 aliphatic heterocycles. The van der Waals surface area contributed by atoms with E-state index in [1.807, 2.05) is 18.2 Å². The number of rotatable bonds is 1. The van der Waals surface area contributed by atoms with Crippen LogP contribution in [0.15, 0.2) is 29.2 Å². The van der Waals surface area contributed by atoms with Crippen LogP contribution in [0.2, 0.25) is 0 Å². The summed E-state index contributed by atoms with van der Waals surface area (Å²) in [6.45, 7) is 0. The van der Waals surface area contributed by atoms with Crippen LogP contribution in [0.4, 0.5) is 5.69 Å². The predicted molar refractivity (Wildman–Crippen MR) is 74.0 cm³/mol. The molecule has 0 aromatic heterocycles. The Morgan fingerprint density at radius 2 is 1.58 bits per heavy atom. The number of hydrogen-bond acceptors (Lipinski definition) is 3. The highest BCUT2D eigenvalue weighted by molar-refractivity contribution is 7.80. The molecular weight excluding hydrogens is 258 g/mol. The fraction of sp³-hybridized carbons (Fsp3) is 0.467. The number of carbonyl (C=O) groups excluding carboxylic acids is 2. The van der Waals surface area contributed by atoms with E-state index in [0.717, 1.165) is 19.3 Å². The van der Waals surface area contributed by atoms with Gasteiger partial charge in [-0.05, 0) is 43.2 Å². The van der Waals surface area contributed by atoms with Gasteiger partial charge in [0, 0.05) is 4.90 Å². The van der Waals surface area contributed by atoms with Gasteiger partial charge >= 0.3 is 0 Å². The van der Waals surface area contributed by atoms with Crippen molar-refractivity contribution in [3.8, 4) is 0 Å². The summed E-state index contributed by atoms with van der Waals surface area (Å²) < 4.78 is 0. The van der Waals surface area contributed by atoms with E-state index in [0.29, 0.717) is 22.4 Å². The largest absolute Gasteiger partial charge is 0.274 e. The highest BCUT2D eigenvalue weighted by atomic mass is 32.1. The van der Waals surface area contributed by atoms with E-state index >= 15 is 0 Å². The minimum absolute atomic E-state index is 0.00343. The van der Waals surface area contributed by atoms with Gasteiger partial charge in [-0.25, -0.2) is 4.90 Å². The molecule has 1 aromatic carbocycles. The lowest BCUT2D eigenvalue weighted by Crippen LogP contribution is -2.33. The topological polar surface area (TPSA) is 37.4 Å². The zero-order valence-corrected chi connectivity index (χ0v) is 11.3. The number of anilines is 1. The van der Waals surface area contributed by atoms with Gasteiger partial charge in [0.15, 0.2) is 0 Å². The number of benzene rings is 1. The first-order chi connectivity index (χ1) is 9.18. The first-order valence-electron chi connectivity index (χ1n) is 6.84. The summed E-state index contributed by atoms with van der Waals surface area (Å²) in [6, 6.07) is 7.34. The second-order valence-corrected chi connectivity index (χ2v) is 6.37. The summed E-state index contributed by atoms with van der Waals surface area (Å²) in [5, 5.41) is 0. The van der Waals surface area contributed by atoms with Crippen molar-refractivity contribution in [2.75, 3.05) is 4.90 Å². The van der Waals surface area contributed by atoms with Gasteiger partial charge in [0.05, 0.1) is 17.5 Å². The zero-order chi connectivity index (χ0) is 13.1. The highest BCUT2D eigenvalue weighted by Gasteiger charge is 2.61. The summed E-state index contributed by atoms with van der Waals surface area (Å²) in [4.78, 5) is 27.3. The molecule has 0 N–H and O–H groups in total. The van der Waals surface area contributed by atoms with Crippen molar-refractivity contribution in [3.05, 3.63) is 24.3 Å². The molecular formula is C15H15NO2S. The minimum atomic E-state index is -0.0563. The van der Waals surface area contributed by atoms with Crippen molar-refractivity contribution in [3.63, 3.8) is 0 Å². The van der Waals surface area contributed by atoms with Crippen LogP contribution >= 0.6 is 12.6 Å². The van der Waals surface area contributed by atoms with Gasteiger partial charge in [-0.3, -0.25) is 9.59 Å². The maximum absolute atomic E-state index is 12.6. The Morgan fingerprint density at radius 3 is 2.16 bits per heavy atom. The number of carbonyl (C=O) groups is 2. The van der Waals surface area contributed by atoms with Gasteiger partial charge in [-0.15, -0.1) is 12.6 Å². The zero-order valence-electron chi connectivity index (χ0n) is 10.5. The maximum atomic E-state index is 12.6.